The van der Waals surface area contributed by atoms with Crippen molar-refractivity contribution in [2.75, 3.05) is 25.1 Å². The fourth-order valence-electron chi connectivity index (χ4n) is 1.83. The van der Waals surface area contributed by atoms with Crippen molar-refractivity contribution in [3.63, 3.8) is 0 Å². The molecule has 0 aliphatic rings. The van der Waals surface area contributed by atoms with E-state index >= 15 is 0 Å². The van der Waals surface area contributed by atoms with Crippen LogP contribution >= 0.6 is 11.8 Å². The van der Waals surface area contributed by atoms with Gasteiger partial charge in [0.25, 0.3) is 0 Å². The summed E-state index contributed by atoms with van der Waals surface area (Å²) < 4.78 is 5.63. The molecule has 1 rings (SSSR count). The number of thioether (sulfide) groups is 1. The summed E-state index contributed by atoms with van der Waals surface area (Å²) >= 11 is 1.89. The average molecular weight is 297 g/mol. The van der Waals surface area contributed by atoms with Crippen LogP contribution in [0.25, 0.3) is 0 Å². The van der Waals surface area contributed by atoms with E-state index in [1.165, 1.54) is 12.2 Å². The molecular formula is C15H27N3OS. The molecule has 1 heterocycles. The van der Waals surface area contributed by atoms with E-state index in [4.69, 9.17) is 4.42 Å². The Labute approximate surface area is 126 Å². The molecule has 0 amide bonds. The number of hydrogen-bond donors (Lipinski definition) is 2. The monoisotopic (exact) mass is 297 g/mol. The zero-order valence-corrected chi connectivity index (χ0v) is 13.8. The van der Waals surface area contributed by atoms with Gasteiger partial charge in [-0.2, -0.15) is 11.8 Å². The molecule has 0 aliphatic carbocycles. The lowest BCUT2D eigenvalue weighted by Gasteiger charge is -2.16. The lowest BCUT2D eigenvalue weighted by atomic mass is 10.2. The lowest BCUT2D eigenvalue weighted by Crippen LogP contribution is -2.38. The summed E-state index contributed by atoms with van der Waals surface area (Å²) in [5.41, 5.74) is 0. The number of nitrogens with zero attached hydrogens (tertiary/aromatic N) is 1. The van der Waals surface area contributed by atoms with Gasteiger partial charge in [-0.15, -0.1) is 0 Å². The molecule has 0 fully saturated rings. The van der Waals surface area contributed by atoms with Crippen molar-refractivity contribution in [2.24, 2.45) is 4.99 Å². The Bertz CT molecular complexity index is 404. The summed E-state index contributed by atoms with van der Waals surface area (Å²) in [6.45, 7) is 7.84. The van der Waals surface area contributed by atoms with E-state index in [1.54, 1.807) is 0 Å². The first-order chi connectivity index (χ1) is 9.67. The highest BCUT2D eigenvalue weighted by Crippen LogP contribution is 2.15. The Morgan fingerprint density at radius 3 is 2.80 bits per heavy atom. The largest absolute Gasteiger partial charge is 0.464 e. The van der Waals surface area contributed by atoms with E-state index in [0.717, 1.165) is 37.0 Å². The summed E-state index contributed by atoms with van der Waals surface area (Å²) in [5, 5.41) is 6.65. The zero-order valence-electron chi connectivity index (χ0n) is 13.0. The quantitative estimate of drug-likeness (QED) is 0.439. The normalized spacial score (nSPS) is 13.3. The number of aliphatic imine (C=N–C) groups is 1. The minimum atomic E-state index is 0.118. The molecule has 1 aromatic rings. The van der Waals surface area contributed by atoms with Gasteiger partial charge in [0.05, 0.1) is 6.04 Å². The van der Waals surface area contributed by atoms with E-state index in [9.17, 15) is 0 Å². The molecule has 0 bridgehead atoms. The fourth-order valence-corrected chi connectivity index (χ4v) is 2.32. The van der Waals surface area contributed by atoms with Gasteiger partial charge in [0.1, 0.15) is 11.5 Å². The van der Waals surface area contributed by atoms with Crippen LogP contribution in [-0.2, 0) is 0 Å². The molecular weight excluding hydrogens is 270 g/mol. The van der Waals surface area contributed by atoms with Crippen LogP contribution in [0.5, 0.6) is 0 Å². The topological polar surface area (TPSA) is 49.6 Å². The molecule has 5 heteroatoms. The first kappa shape index (κ1) is 17.0. The molecule has 0 spiro atoms. The molecule has 4 nitrogen and oxygen atoms in total. The number of aryl methyl sites for hydroxylation is 1. The van der Waals surface area contributed by atoms with Crippen LogP contribution in [0.2, 0.25) is 0 Å². The number of nitrogens with one attached hydrogen (secondary N) is 2. The molecule has 20 heavy (non-hydrogen) atoms. The second-order valence-corrected chi connectivity index (χ2v) is 5.76. The molecule has 0 radical (unpaired) electrons. The van der Waals surface area contributed by atoms with Crippen molar-refractivity contribution in [1.29, 1.82) is 0 Å². The molecule has 114 valence electrons. The van der Waals surface area contributed by atoms with E-state index in [2.05, 4.69) is 35.7 Å². The van der Waals surface area contributed by atoms with Crippen molar-refractivity contribution in [2.45, 2.75) is 39.7 Å². The van der Waals surface area contributed by atoms with Gasteiger partial charge in [-0.25, -0.2) is 0 Å². The zero-order chi connectivity index (χ0) is 14.8. The standard InChI is InChI=1S/C15H27N3OS/c1-5-16-15(17-10-6-7-11-20-4)18-13(3)14-9-8-12(2)19-14/h8-9,13H,5-7,10-11H2,1-4H3,(H2,16,17,18). The van der Waals surface area contributed by atoms with Crippen molar-refractivity contribution in [1.82, 2.24) is 10.6 Å². The molecule has 1 atom stereocenters. The Balaban J connectivity index is 2.46. The van der Waals surface area contributed by atoms with E-state index in [1.807, 2.05) is 30.8 Å². The predicted molar refractivity (Wildman–Crippen MR) is 88.6 cm³/mol. The van der Waals surface area contributed by atoms with Gasteiger partial charge in [0.15, 0.2) is 5.96 Å². The molecule has 0 aromatic carbocycles. The highest BCUT2D eigenvalue weighted by atomic mass is 32.2. The Morgan fingerprint density at radius 2 is 2.20 bits per heavy atom. The van der Waals surface area contributed by atoms with Gasteiger partial charge in [-0.1, -0.05) is 0 Å². The molecule has 0 saturated carbocycles. The number of guanidine groups is 1. The van der Waals surface area contributed by atoms with E-state index in [-0.39, 0.29) is 6.04 Å². The smallest absolute Gasteiger partial charge is 0.191 e. The van der Waals surface area contributed by atoms with Crippen molar-refractivity contribution in [3.8, 4) is 0 Å². The van der Waals surface area contributed by atoms with E-state index in [0.29, 0.717) is 0 Å². The van der Waals surface area contributed by atoms with Crippen LogP contribution in [0.4, 0.5) is 0 Å². The predicted octanol–water partition coefficient (Wildman–Crippen LogP) is 3.35. The summed E-state index contributed by atoms with van der Waals surface area (Å²) in [6.07, 6.45) is 4.49. The van der Waals surface area contributed by atoms with Crippen LogP contribution in [0.1, 0.15) is 44.3 Å². The fraction of sp³-hybridized carbons (Fsp3) is 0.667. The van der Waals surface area contributed by atoms with Gasteiger partial charge >= 0.3 is 0 Å². The Kier molecular flexibility index (Phi) is 8.26. The van der Waals surface area contributed by atoms with Gasteiger partial charge in [0.2, 0.25) is 0 Å². The van der Waals surface area contributed by atoms with Crippen LogP contribution in [0.15, 0.2) is 21.5 Å². The number of rotatable bonds is 8. The summed E-state index contributed by atoms with van der Waals surface area (Å²) in [4.78, 5) is 4.60. The highest BCUT2D eigenvalue weighted by Gasteiger charge is 2.10. The van der Waals surface area contributed by atoms with Gasteiger partial charge in [0, 0.05) is 13.1 Å². The maximum Gasteiger partial charge on any atom is 0.191 e. The van der Waals surface area contributed by atoms with Crippen molar-refractivity contribution >= 4 is 17.7 Å². The first-order valence-corrected chi connectivity index (χ1v) is 8.66. The van der Waals surface area contributed by atoms with Crippen LogP contribution < -0.4 is 10.6 Å². The maximum atomic E-state index is 5.63. The number of hydrogen-bond acceptors (Lipinski definition) is 3. The van der Waals surface area contributed by atoms with Crippen LogP contribution in [-0.4, -0.2) is 31.1 Å². The second-order valence-electron chi connectivity index (χ2n) is 4.78. The third-order valence-electron chi connectivity index (χ3n) is 2.91. The third-order valence-corrected chi connectivity index (χ3v) is 3.61. The Hall–Kier alpha value is -1.10. The minimum Gasteiger partial charge on any atom is -0.464 e. The van der Waals surface area contributed by atoms with Gasteiger partial charge < -0.3 is 15.1 Å². The summed E-state index contributed by atoms with van der Waals surface area (Å²) in [7, 11) is 0. The highest BCUT2D eigenvalue weighted by molar-refractivity contribution is 7.98. The lowest BCUT2D eigenvalue weighted by molar-refractivity contribution is 0.441. The first-order valence-electron chi connectivity index (χ1n) is 7.27. The van der Waals surface area contributed by atoms with Crippen molar-refractivity contribution in [3.05, 3.63) is 23.7 Å². The third kappa shape index (κ3) is 6.37. The Morgan fingerprint density at radius 1 is 1.40 bits per heavy atom. The number of unbranched alkanes of at least 4 members (excludes halogenated alkanes) is 1. The maximum absolute atomic E-state index is 5.63. The second kappa shape index (κ2) is 9.75. The summed E-state index contributed by atoms with van der Waals surface area (Å²) in [5.74, 6) is 3.95. The number of furan rings is 1. The van der Waals surface area contributed by atoms with Gasteiger partial charge in [-0.3, -0.25) is 4.99 Å². The van der Waals surface area contributed by atoms with Crippen LogP contribution in [0, 0.1) is 6.92 Å². The van der Waals surface area contributed by atoms with Crippen molar-refractivity contribution < 1.29 is 4.42 Å². The molecule has 2 N–H and O–H groups in total. The molecule has 0 saturated heterocycles. The molecule has 0 aliphatic heterocycles. The SMILES string of the molecule is CCNC(=NCCCCSC)NC(C)c1ccc(C)o1. The minimum absolute atomic E-state index is 0.118. The van der Waals surface area contributed by atoms with Crippen LogP contribution in [0.3, 0.4) is 0 Å². The average Bonchev–Trinajstić information content (AvgIpc) is 2.85. The van der Waals surface area contributed by atoms with Gasteiger partial charge in [-0.05, 0) is 57.8 Å². The molecule has 1 unspecified atom stereocenters. The summed E-state index contributed by atoms with van der Waals surface area (Å²) in [6, 6.07) is 4.11. The van der Waals surface area contributed by atoms with E-state index < -0.39 is 0 Å². The molecule has 1 aromatic heterocycles.